The Morgan fingerprint density at radius 3 is 2.48 bits per heavy atom. The molecule has 5 nitrogen and oxygen atoms in total. The van der Waals surface area contributed by atoms with E-state index in [9.17, 15) is 18.0 Å². The second kappa shape index (κ2) is 6.70. The summed E-state index contributed by atoms with van der Waals surface area (Å²) in [4.78, 5) is 22.4. The van der Waals surface area contributed by atoms with E-state index in [1.165, 1.54) is 24.4 Å². The molecule has 0 saturated carbocycles. The number of piperidine rings is 1. The first-order valence-corrected chi connectivity index (χ1v) is 7.96. The molecule has 1 saturated heterocycles. The number of nitrogens with two attached hydrogens (primary N) is 1. The number of nitrogen functional groups attached to an aromatic ring is 1. The van der Waals surface area contributed by atoms with Gasteiger partial charge in [-0.3, -0.25) is 4.79 Å². The highest BCUT2D eigenvalue weighted by Gasteiger charge is 2.37. The largest absolute Gasteiger partial charge is 0.418 e. The smallest absolute Gasteiger partial charge is 0.383 e. The minimum Gasteiger partial charge on any atom is -0.383 e. The fourth-order valence-electron chi connectivity index (χ4n) is 2.89. The van der Waals surface area contributed by atoms with Crippen molar-refractivity contribution in [3.63, 3.8) is 0 Å². The summed E-state index contributed by atoms with van der Waals surface area (Å²) < 4.78 is 40.0. The van der Waals surface area contributed by atoms with Crippen LogP contribution in [-0.4, -0.2) is 28.8 Å². The minimum atomic E-state index is -4.69. The molecule has 3 rings (SSSR count). The summed E-state index contributed by atoms with van der Waals surface area (Å²) >= 11 is 0. The highest BCUT2D eigenvalue weighted by molar-refractivity contribution is 6.11. The molecule has 0 amide bonds. The van der Waals surface area contributed by atoms with Crippen molar-refractivity contribution < 1.29 is 18.0 Å². The van der Waals surface area contributed by atoms with Crippen molar-refractivity contribution in [2.75, 3.05) is 23.7 Å². The molecule has 0 unspecified atom stereocenters. The molecule has 0 radical (unpaired) electrons. The molecule has 2 aromatic heterocycles. The molecule has 132 valence electrons. The molecule has 0 spiro atoms. The number of rotatable bonds is 3. The minimum absolute atomic E-state index is 0.0868. The third kappa shape index (κ3) is 3.57. The van der Waals surface area contributed by atoms with Crippen LogP contribution >= 0.6 is 0 Å². The van der Waals surface area contributed by atoms with Gasteiger partial charge >= 0.3 is 6.18 Å². The number of carbonyl (C=O) groups is 1. The van der Waals surface area contributed by atoms with Gasteiger partial charge in [0, 0.05) is 19.3 Å². The molecule has 2 N–H and O–H groups in total. The molecule has 0 atom stereocenters. The van der Waals surface area contributed by atoms with Crippen LogP contribution in [0.3, 0.4) is 0 Å². The molecule has 0 aliphatic carbocycles. The highest BCUT2D eigenvalue weighted by atomic mass is 19.4. The van der Waals surface area contributed by atoms with Crippen LogP contribution in [0.1, 0.15) is 40.9 Å². The van der Waals surface area contributed by atoms with E-state index in [1.54, 1.807) is 0 Å². The van der Waals surface area contributed by atoms with Gasteiger partial charge in [0.2, 0.25) is 5.78 Å². The molecule has 1 fully saturated rings. The Labute approximate surface area is 142 Å². The number of alkyl halides is 3. The fourth-order valence-corrected chi connectivity index (χ4v) is 2.89. The van der Waals surface area contributed by atoms with Gasteiger partial charge in [0.15, 0.2) is 0 Å². The number of pyridine rings is 2. The van der Waals surface area contributed by atoms with E-state index < -0.39 is 23.2 Å². The molecule has 3 heterocycles. The monoisotopic (exact) mass is 350 g/mol. The lowest BCUT2D eigenvalue weighted by Crippen LogP contribution is -2.31. The van der Waals surface area contributed by atoms with Gasteiger partial charge < -0.3 is 10.6 Å². The Balaban J connectivity index is 2.08. The zero-order valence-corrected chi connectivity index (χ0v) is 13.4. The molecule has 1 aliphatic heterocycles. The third-order valence-electron chi connectivity index (χ3n) is 4.16. The molecule has 0 bridgehead atoms. The van der Waals surface area contributed by atoms with Gasteiger partial charge in [-0.1, -0.05) is 0 Å². The van der Waals surface area contributed by atoms with Gasteiger partial charge in [0.25, 0.3) is 0 Å². The average Bonchev–Trinajstić information content (AvgIpc) is 2.61. The number of ketones is 1. The van der Waals surface area contributed by atoms with E-state index in [1.807, 2.05) is 4.90 Å². The lowest BCUT2D eigenvalue weighted by atomic mass is 10.0. The summed E-state index contributed by atoms with van der Waals surface area (Å²) in [6.45, 7) is 1.42. The van der Waals surface area contributed by atoms with Crippen LogP contribution in [0.4, 0.5) is 24.8 Å². The van der Waals surface area contributed by atoms with E-state index in [4.69, 9.17) is 5.73 Å². The van der Waals surface area contributed by atoms with E-state index in [2.05, 4.69) is 9.97 Å². The molecule has 2 aromatic rings. The predicted octanol–water partition coefficient (Wildman–Crippen LogP) is 3.30. The topological polar surface area (TPSA) is 72.1 Å². The van der Waals surface area contributed by atoms with E-state index >= 15 is 0 Å². The summed E-state index contributed by atoms with van der Waals surface area (Å²) in [6.07, 6.45) is -0.345. The first kappa shape index (κ1) is 17.2. The van der Waals surface area contributed by atoms with E-state index in [0.29, 0.717) is 18.9 Å². The van der Waals surface area contributed by atoms with Crippen LogP contribution in [0, 0.1) is 0 Å². The van der Waals surface area contributed by atoms with Gasteiger partial charge in [-0.2, -0.15) is 13.2 Å². The van der Waals surface area contributed by atoms with Crippen molar-refractivity contribution >= 4 is 17.4 Å². The van der Waals surface area contributed by atoms with Gasteiger partial charge in [0.1, 0.15) is 17.3 Å². The van der Waals surface area contributed by atoms with Crippen LogP contribution in [0.2, 0.25) is 0 Å². The maximum atomic E-state index is 13.3. The fraction of sp³-hybridized carbons (Fsp3) is 0.353. The summed E-state index contributed by atoms with van der Waals surface area (Å²) in [5, 5.41) is 0. The van der Waals surface area contributed by atoms with Crippen molar-refractivity contribution in [3.8, 4) is 0 Å². The maximum absolute atomic E-state index is 13.3. The van der Waals surface area contributed by atoms with E-state index in [-0.39, 0.29) is 11.4 Å². The first-order valence-electron chi connectivity index (χ1n) is 7.96. The molecule has 0 aromatic carbocycles. The first-order chi connectivity index (χ1) is 11.9. The van der Waals surface area contributed by atoms with Gasteiger partial charge in [-0.15, -0.1) is 0 Å². The summed E-state index contributed by atoms with van der Waals surface area (Å²) in [5.41, 5.74) is 3.85. The van der Waals surface area contributed by atoms with Gasteiger partial charge in [0.05, 0.1) is 11.1 Å². The second-order valence-corrected chi connectivity index (χ2v) is 5.88. The zero-order chi connectivity index (χ0) is 18.0. The van der Waals surface area contributed by atoms with Crippen LogP contribution in [0.25, 0.3) is 0 Å². The lowest BCUT2D eigenvalue weighted by molar-refractivity contribution is -0.138. The van der Waals surface area contributed by atoms with Crippen LogP contribution < -0.4 is 10.6 Å². The molecular weight excluding hydrogens is 333 g/mol. The van der Waals surface area contributed by atoms with Gasteiger partial charge in [-0.25, -0.2) is 9.97 Å². The van der Waals surface area contributed by atoms with Crippen molar-refractivity contribution in [2.45, 2.75) is 25.4 Å². The van der Waals surface area contributed by atoms with Crippen molar-refractivity contribution in [1.82, 2.24) is 9.97 Å². The number of halogens is 3. The SMILES string of the molecule is Nc1ncccc1C(=O)c1nc(N2CCCCC2)ccc1C(F)(F)F. The number of anilines is 2. The van der Waals surface area contributed by atoms with Crippen LogP contribution in [0.5, 0.6) is 0 Å². The lowest BCUT2D eigenvalue weighted by Gasteiger charge is -2.28. The Hall–Kier alpha value is -2.64. The number of carbonyl (C=O) groups excluding carboxylic acids is 1. The number of aromatic nitrogens is 2. The Kier molecular flexibility index (Phi) is 4.61. The number of nitrogens with zero attached hydrogens (tertiary/aromatic N) is 3. The van der Waals surface area contributed by atoms with Crippen LogP contribution in [-0.2, 0) is 6.18 Å². The van der Waals surface area contributed by atoms with Crippen molar-refractivity contribution in [2.24, 2.45) is 0 Å². The van der Waals surface area contributed by atoms with E-state index in [0.717, 1.165) is 25.3 Å². The highest BCUT2D eigenvalue weighted by Crippen LogP contribution is 2.34. The molecule has 8 heteroatoms. The van der Waals surface area contributed by atoms with Crippen molar-refractivity contribution in [3.05, 3.63) is 47.3 Å². The normalized spacial score (nSPS) is 15.2. The maximum Gasteiger partial charge on any atom is 0.418 e. The Morgan fingerprint density at radius 2 is 1.84 bits per heavy atom. The number of hydrogen-bond donors (Lipinski definition) is 1. The summed E-state index contributed by atoms with van der Waals surface area (Å²) in [7, 11) is 0. The average molecular weight is 350 g/mol. The Bertz CT molecular complexity index is 786. The summed E-state index contributed by atoms with van der Waals surface area (Å²) in [6, 6.07) is 5.03. The number of hydrogen-bond acceptors (Lipinski definition) is 5. The second-order valence-electron chi connectivity index (χ2n) is 5.88. The standard InChI is InChI=1S/C17H17F3N4O/c18-17(19,20)12-6-7-13(24-9-2-1-3-10-24)23-14(12)15(25)11-5-4-8-22-16(11)21/h4-8H,1-3,9-10H2,(H2,21,22). The summed E-state index contributed by atoms with van der Waals surface area (Å²) in [5.74, 6) is -0.624. The molecular formula is C17H17F3N4O. The van der Waals surface area contributed by atoms with Gasteiger partial charge in [-0.05, 0) is 43.5 Å². The molecule has 25 heavy (non-hydrogen) atoms. The van der Waals surface area contributed by atoms with Crippen LogP contribution in [0.15, 0.2) is 30.5 Å². The molecule has 1 aliphatic rings. The predicted molar refractivity (Wildman–Crippen MR) is 87.4 cm³/mol. The third-order valence-corrected chi connectivity index (χ3v) is 4.16. The van der Waals surface area contributed by atoms with Crippen molar-refractivity contribution in [1.29, 1.82) is 0 Å². The Morgan fingerprint density at radius 1 is 1.12 bits per heavy atom. The zero-order valence-electron chi connectivity index (χ0n) is 13.4. The quantitative estimate of drug-likeness (QED) is 0.860.